The van der Waals surface area contributed by atoms with Crippen molar-refractivity contribution in [2.75, 3.05) is 13.1 Å². The zero-order chi connectivity index (χ0) is 15.5. The molecule has 5 heteroatoms. The first-order valence-corrected chi connectivity index (χ1v) is 7.57. The molecule has 116 valence electrons. The molecule has 0 saturated carbocycles. The monoisotopic (exact) mass is 302 g/mol. The quantitative estimate of drug-likeness (QED) is 0.875. The molecule has 1 amide bonds. The molecule has 0 N–H and O–H groups in total. The number of carbonyl (C=O) groups is 1. The van der Waals surface area contributed by atoms with E-state index in [2.05, 4.69) is 4.98 Å². The summed E-state index contributed by atoms with van der Waals surface area (Å²) in [5.41, 5.74) is 0.596. The Morgan fingerprint density at radius 3 is 3.05 bits per heavy atom. The molecule has 1 aromatic heterocycles. The largest absolute Gasteiger partial charge is 0.445 e. The smallest absolute Gasteiger partial charge is 0.219 e. The summed E-state index contributed by atoms with van der Waals surface area (Å²) in [5.74, 6) is 1.29. The number of carbonyl (C=O) groups excluding carboxylic acids is 1. The first-order valence-electron chi connectivity index (χ1n) is 7.57. The van der Waals surface area contributed by atoms with Gasteiger partial charge in [0.2, 0.25) is 5.91 Å². The molecule has 1 fully saturated rings. The molecule has 1 atom stereocenters. The lowest BCUT2D eigenvalue weighted by atomic mass is 9.98. The van der Waals surface area contributed by atoms with Gasteiger partial charge in [-0.15, -0.1) is 0 Å². The Labute approximate surface area is 129 Å². The van der Waals surface area contributed by atoms with Gasteiger partial charge in [-0.3, -0.25) is 4.79 Å². The van der Waals surface area contributed by atoms with E-state index < -0.39 is 0 Å². The summed E-state index contributed by atoms with van der Waals surface area (Å²) >= 11 is 0. The van der Waals surface area contributed by atoms with Gasteiger partial charge in [-0.1, -0.05) is 18.2 Å². The van der Waals surface area contributed by atoms with Gasteiger partial charge in [0.05, 0.1) is 12.1 Å². The Balaban J connectivity index is 1.71. The zero-order valence-electron chi connectivity index (χ0n) is 12.6. The summed E-state index contributed by atoms with van der Waals surface area (Å²) in [6, 6.07) is 6.67. The molecule has 0 spiro atoms. The fourth-order valence-corrected chi connectivity index (χ4v) is 2.89. The van der Waals surface area contributed by atoms with Crippen molar-refractivity contribution in [1.82, 2.24) is 9.88 Å². The van der Waals surface area contributed by atoms with Gasteiger partial charge in [-0.25, -0.2) is 9.37 Å². The number of rotatable bonds is 3. The molecule has 1 aromatic carbocycles. The highest BCUT2D eigenvalue weighted by Gasteiger charge is 2.26. The number of hydrogen-bond donors (Lipinski definition) is 0. The van der Waals surface area contributed by atoms with Gasteiger partial charge >= 0.3 is 0 Å². The van der Waals surface area contributed by atoms with Crippen LogP contribution in [0.15, 0.2) is 34.9 Å². The van der Waals surface area contributed by atoms with Crippen LogP contribution in [0.25, 0.3) is 0 Å². The lowest BCUT2D eigenvalue weighted by Gasteiger charge is -2.30. The van der Waals surface area contributed by atoms with Crippen molar-refractivity contribution in [2.24, 2.45) is 0 Å². The normalized spacial score (nSPS) is 18.5. The first kappa shape index (κ1) is 14.8. The van der Waals surface area contributed by atoms with Gasteiger partial charge in [0.15, 0.2) is 5.89 Å². The minimum atomic E-state index is -0.235. The van der Waals surface area contributed by atoms with E-state index in [1.807, 2.05) is 11.0 Å². The third kappa shape index (κ3) is 3.18. The Kier molecular flexibility index (Phi) is 4.22. The average Bonchev–Trinajstić information content (AvgIpc) is 2.98. The average molecular weight is 302 g/mol. The number of hydrogen-bond acceptors (Lipinski definition) is 3. The highest BCUT2D eigenvalue weighted by Crippen LogP contribution is 2.27. The van der Waals surface area contributed by atoms with Gasteiger partial charge in [0.25, 0.3) is 0 Å². The molecule has 22 heavy (non-hydrogen) atoms. The molecular weight excluding hydrogens is 283 g/mol. The van der Waals surface area contributed by atoms with E-state index in [9.17, 15) is 9.18 Å². The number of likely N-dealkylation sites (tertiary alicyclic amines) is 1. The van der Waals surface area contributed by atoms with E-state index in [1.54, 1.807) is 25.3 Å². The van der Waals surface area contributed by atoms with E-state index in [0.717, 1.165) is 19.4 Å². The van der Waals surface area contributed by atoms with Crippen LogP contribution in [-0.2, 0) is 11.2 Å². The topological polar surface area (TPSA) is 46.3 Å². The van der Waals surface area contributed by atoms with Gasteiger partial charge in [-0.2, -0.15) is 0 Å². The number of nitrogens with zero attached hydrogens (tertiary/aromatic N) is 2. The molecule has 0 radical (unpaired) electrons. The first-order chi connectivity index (χ1) is 10.6. The molecule has 0 aliphatic carbocycles. The molecule has 2 aromatic rings. The van der Waals surface area contributed by atoms with Gasteiger partial charge < -0.3 is 9.32 Å². The molecule has 0 bridgehead atoms. The fraction of sp³-hybridized carbons (Fsp3) is 0.412. The van der Waals surface area contributed by atoms with Gasteiger partial charge in [-0.05, 0) is 24.5 Å². The van der Waals surface area contributed by atoms with Crippen LogP contribution >= 0.6 is 0 Å². The highest BCUT2D eigenvalue weighted by atomic mass is 19.1. The van der Waals surface area contributed by atoms with Crippen LogP contribution in [0, 0.1) is 5.82 Å². The number of amides is 1. The molecule has 1 aliphatic heterocycles. The summed E-state index contributed by atoms with van der Waals surface area (Å²) in [7, 11) is 0. The maximum atomic E-state index is 13.7. The summed E-state index contributed by atoms with van der Waals surface area (Å²) in [6.45, 7) is 3.03. The van der Waals surface area contributed by atoms with Crippen LogP contribution in [0.2, 0.25) is 0 Å². The van der Waals surface area contributed by atoms with Crippen molar-refractivity contribution in [3.05, 3.63) is 53.5 Å². The van der Waals surface area contributed by atoms with Crippen molar-refractivity contribution < 1.29 is 13.6 Å². The number of piperidine rings is 1. The van der Waals surface area contributed by atoms with Crippen molar-refractivity contribution in [2.45, 2.75) is 32.1 Å². The van der Waals surface area contributed by atoms with Crippen LogP contribution in [0.5, 0.6) is 0 Å². The molecule has 4 nitrogen and oxygen atoms in total. The maximum absolute atomic E-state index is 13.7. The van der Waals surface area contributed by atoms with Crippen molar-refractivity contribution >= 4 is 5.91 Å². The van der Waals surface area contributed by atoms with E-state index in [4.69, 9.17) is 4.42 Å². The van der Waals surface area contributed by atoms with Gasteiger partial charge in [0, 0.05) is 26.4 Å². The predicted octanol–water partition coefficient (Wildman–Crippen LogP) is 3.13. The predicted molar refractivity (Wildman–Crippen MR) is 79.9 cm³/mol. The second-order valence-electron chi connectivity index (χ2n) is 5.74. The number of aromatic nitrogens is 1. The van der Waals surface area contributed by atoms with Crippen LogP contribution in [-0.4, -0.2) is 28.9 Å². The maximum Gasteiger partial charge on any atom is 0.219 e. The molecule has 1 saturated heterocycles. The summed E-state index contributed by atoms with van der Waals surface area (Å²) in [5, 5.41) is 0. The molecule has 1 unspecified atom stereocenters. The Morgan fingerprint density at radius 2 is 2.27 bits per heavy atom. The van der Waals surface area contributed by atoms with Crippen molar-refractivity contribution in [3.63, 3.8) is 0 Å². The van der Waals surface area contributed by atoms with E-state index in [0.29, 0.717) is 30.2 Å². The Bertz CT molecular complexity index is 668. The highest BCUT2D eigenvalue weighted by molar-refractivity contribution is 5.73. The third-order valence-electron chi connectivity index (χ3n) is 4.11. The van der Waals surface area contributed by atoms with Crippen molar-refractivity contribution in [1.29, 1.82) is 0 Å². The van der Waals surface area contributed by atoms with Crippen LogP contribution in [0.4, 0.5) is 4.39 Å². The van der Waals surface area contributed by atoms with Gasteiger partial charge in [0.1, 0.15) is 11.6 Å². The van der Waals surface area contributed by atoms with E-state index >= 15 is 0 Å². The molecular formula is C17H19FN2O2. The van der Waals surface area contributed by atoms with Crippen molar-refractivity contribution in [3.8, 4) is 0 Å². The Morgan fingerprint density at radius 1 is 1.45 bits per heavy atom. The molecule has 1 aliphatic rings. The standard InChI is InChI=1S/C17H19FN2O2/c1-12(21)20-8-4-6-14(11-20)17-19-10-15(22-17)9-13-5-2-3-7-16(13)18/h2-3,5,7,10,14H,4,6,8-9,11H2,1H3. The molecule has 2 heterocycles. The van der Waals surface area contributed by atoms with Crippen LogP contribution in [0.1, 0.15) is 42.9 Å². The number of halogens is 1. The Hall–Kier alpha value is -2.17. The minimum absolute atomic E-state index is 0.0860. The lowest BCUT2D eigenvalue weighted by molar-refractivity contribution is -0.130. The molecule has 3 rings (SSSR count). The zero-order valence-corrected chi connectivity index (χ0v) is 12.6. The second kappa shape index (κ2) is 6.30. The second-order valence-corrected chi connectivity index (χ2v) is 5.74. The van der Waals surface area contributed by atoms with Crippen LogP contribution < -0.4 is 0 Å². The summed E-state index contributed by atoms with van der Waals surface area (Å²) in [6.07, 6.45) is 3.97. The number of benzene rings is 1. The fourth-order valence-electron chi connectivity index (χ4n) is 2.89. The third-order valence-corrected chi connectivity index (χ3v) is 4.11. The minimum Gasteiger partial charge on any atom is -0.445 e. The summed E-state index contributed by atoms with van der Waals surface area (Å²) in [4.78, 5) is 17.7. The summed E-state index contributed by atoms with van der Waals surface area (Å²) < 4.78 is 19.5. The van der Waals surface area contributed by atoms with E-state index in [1.165, 1.54) is 6.07 Å². The van der Waals surface area contributed by atoms with E-state index in [-0.39, 0.29) is 17.6 Å². The lowest BCUT2D eigenvalue weighted by Crippen LogP contribution is -2.37. The number of oxazole rings is 1. The van der Waals surface area contributed by atoms with Crippen LogP contribution in [0.3, 0.4) is 0 Å². The SMILES string of the molecule is CC(=O)N1CCCC(c2ncc(Cc3ccccc3F)o2)C1.